The van der Waals surface area contributed by atoms with E-state index in [0.29, 0.717) is 12.5 Å². The van der Waals surface area contributed by atoms with Gasteiger partial charge in [0, 0.05) is 12.0 Å². The van der Waals surface area contributed by atoms with Crippen LogP contribution in [-0.4, -0.2) is 12.7 Å². The fraction of sp³-hybridized carbons (Fsp3) is 0.571. The first-order chi connectivity index (χ1) is 7.99. The summed E-state index contributed by atoms with van der Waals surface area (Å²) in [6.07, 6.45) is 1.27. The summed E-state index contributed by atoms with van der Waals surface area (Å²) in [4.78, 5) is 0. The molecule has 94 valence electrons. The smallest absolute Gasteiger partial charge is 0.123 e. The molecule has 17 heavy (non-hydrogen) atoms. The van der Waals surface area contributed by atoms with Crippen molar-refractivity contribution in [3.05, 3.63) is 34.6 Å². The minimum absolute atomic E-state index is 0.0550. The number of benzene rings is 1. The monoisotopic (exact) mass is 237 g/mol. The summed E-state index contributed by atoms with van der Waals surface area (Å²) in [6.45, 7) is 6.62. The molecule has 1 aromatic carbocycles. The van der Waals surface area contributed by atoms with Crippen LogP contribution in [0.4, 0.5) is 4.39 Å². The molecule has 1 aromatic rings. The van der Waals surface area contributed by atoms with Gasteiger partial charge in [-0.05, 0) is 56.0 Å². The molecule has 0 aliphatic carbocycles. The standard InChI is InChI=1S/C14H20FNO/c1-8-4-12(15)5-9(2)13(8)14(16)11-6-10(3)17-7-11/h4-5,10-11,14H,6-7,16H2,1-3H3. The maximum atomic E-state index is 13.2. The molecule has 3 atom stereocenters. The zero-order chi connectivity index (χ0) is 12.6. The van der Waals surface area contributed by atoms with Crippen molar-refractivity contribution in [2.24, 2.45) is 11.7 Å². The van der Waals surface area contributed by atoms with E-state index in [-0.39, 0.29) is 18.0 Å². The highest BCUT2D eigenvalue weighted by molar-refractivity contribution is 5.37. The summed E-state index contributed by atoms with van der Waals surface area (Å²) in [5.74, 6) is 0.153. The van der Waals surface area contributed by atoms with E-state index in [0.717, 1.165) is 23.1 Å². The van der Waals surface area contributed by atoms with Gasteiger partial charge in [-0.2, -0.15) is 0 Å². The van der Waals surface area contributed by atoms with Crippen molar-refractivity contribution in [1.29, 1.82) is 0 Å². The molecule has 1 heterocycles. The van der Waals surface area contributed by atoms with Gasteiger partial charge in [0.05, 0.1) is 12.7 Å². The van der Waals surface area contributed by atoms with Crippen molar-refractivity contribution in [3.63, 3.8) is 0 Å². The summed E-state index contributed by atoms with van der Waals surface area (Å²) in [7, 11) is 0. The first-order valence-corrected chi connectivity index (χ1v) is 6.13. The molecular formula is C14H20FNO. The van der Waals surface area contributed by atoms with Crippen molar-refractivity contribution < 1.29 is 9.13 Å². The summed E-state index contributed by atoms with van der Waals surface area (Å²) in [5.41, 5.74) is 9.27. The SMILES string of the molecule is Cc1cc(F)cc(C)c1C(N)C1COC(C)C1. The van der Waals surface area contributed by atoms with Crippen LogP contribution < -0.4 is 5.73 Å². The van der Waals surface area contributed by atoms with Crippen LogP contribution in [0.1, 0.15) is 36.1 Å². The highest BCUT2D eigenvalue weighted by Gasteiger charge is 2.29. The Kier molecular flexibility index (Phi) is 3.50. The fourth-order valence-corrected chi connectivity index (χ4v) is 2.78. The molecule has 2 rings (SSSR count). The zero-order valence-electron chi connectivity index (χ0n) is 10.7. The summed E-state index contributed by atoms with van der Waals surface area (Å²) in [6, 6.07) is 3.06. The van der Waals surface area contributed by atoms with Crippen LogP contribution in [0.25, 0.3) is 0 Å². The minimum atomic E-state index is -0.188. The van der Waals surface area contributed by atoms with Crippen molar-refractivity contribution in [2.75, 3.05) is 6.61 Å². The van der Waals surface area contributed by atoms with Crippen molar-refractivity contribution in [2.45, 2.75) is 39.3 Å². The average Bonchev–Trinajstić information content (AvgIpc) is 2.63. The van der Waals surface area contributed by atoms with Gasteiger partial charge in [-0.15, -0.1) is 0 Å². The Morgan fingerprint density at radius 2 is 1.94 bits per heavy atom. The largest absolute Gasteiger partial charge is 0.378 e. The number of rotatable bonds is 2. The molecule has 0 radical (unpaired) electrons. The van der Waals surface area contributed by atoms with Gasteiger partial charge >= 0.3 is 0 Å². The Balaban J connectivity index is 2.27. The second-order valence-corrected chi connectivity index (χ2v) is 5.12. The van der Waals surface area contributed by atoms with Crippen LogP contribution in [0.5, 0.6) is 0 Å². The highest BCUT2D eigenvalue weighted by Crippen LogP contribution is 2.33. The molecule has 3 unspecified atom stereocenters. The van der Waals surface area contributed by atoms with E-state index < -0.39 is 0 Å². The van der Waals surface area contributed by atoms with Gasteiger partial charge in [0.15, 0.2) is 0 Å². The Hall–Kier alpha value is -0.930. The Morgan fingerprint density at radius 1 is 1.35 bits per heavy atom. The van der Waals surface area contributed by atoms with Crippen LogP contribution in [0.3, 0.4) is 0 Å². The lowest BCUT2D eigenvalue weighted by atomic mass is 9.87. The van der Waals surface area contributed by atoms with Crippen LogP contribution >= 0.6 is 0 Å². The molecular weight excluding hydrogens is 217 g/mol. The second-order valence-electron chi connectivity index (χ2n) is 5.12. The van der Waals surface area contributed by atoms with Gasteiger partial charge in [-0.25, -0.2) is 4.39 Å². The van der Waals surface area contributed by atoms with E-state index >= 15 is 0 Å². The fourth-order valence-electron chi connectivity index (χ4n) is 2.78. The number of nitrogens with two attached hydrogens (primary N) is 1. The number of hydrogen-bond acceptors (Lipinski definition) is 2. The molecule has 0 saturated carbocycles. The second kappa shape index (κ2) is 4.75. The maximum absolute atomic E-state index is 13.2. The molecule has 1 aliphatic rings. The van der Waals surface area contributed by atoms with E-state index in [1.165, 1.54) is 0 Å². The van der Waals surface area contributed by atoms with Crippen LogP contribution in [-0.2, 0) is 4.74 Å². The molecule has 0 bridgehead atoms. The molecule has 0 aromatic heterocycles. The van der Waals surface area contributed by atoms with E-state index in [4.69, 9.17) is 10.5 Å². The quantitative estimate of drug-likeness (QED) is 0.858. The van der Waals surface area contributed by atoms with Gasteiger partial charge in [-0.1, -0.05) is 0 Å². The van der Waals surface area contributed by atoms with E-state index in [1.54, 1.807) is 12.1 Å². The van der Waals surface area contributed by atoms with Crippen LogP contribution in [0.15, 0.2) is 12.1 Å². The van der Waals surface area contributed by atoms with Gasteiger partial charge in [0.1, 0.15) is 5.82 Å². The van der Waals surface area contributed by atoms with Crippen molar-refractivity contribution in [3.8, 4) is 0 Å². The third kappa shape index (κ3) is 2.50. The van der Waals surface area contributed by atoms with Gasteiger partial charge in [0.2, 0.25) is 0 Å². The minimum Gasteiger partial charge on any atom is -0.378 e. The lowest BCUT2D eigenvalue weighted by Gasteiger charge is -2.22. The average molecular weight is 237 g/mol. The summed E-state index contributed by atoms with van der Waals surface area (Å²) >= 11 is 0. The number of halogens is 1. The van der Waals surface area contributed by atoms with Gasteiger partial charge < -0.3 is 10.5 Å². The normalized spacial score (nSPS) is 26.2. The third-order valence-electron chi connectivity index (χ3n) is 3.63. The maximum Gasteiger partial charge on any atom is 0.123 e. The number of ether oxygens (including phenoxy) is 1. The van der Waals surface area contributed by atoms with Crippen LogP contribution in [0.2, 0.25) is 0 Å². The van der Waals surface area contributed by atoms with Crippen molar-refractivity contribution in [1.82, 2.24) is 0 Å². The molecule has 1 aliphatic heterocycles. The molecule has 1 saturated heterocycles. The molecule has 2 N–H and O–H groups in total. The Labute approximate surface area is 102 Å². The first-order valence-electron chi connectivity index (χ1n) is 6.13. The predicted octanol–water partition coefficient (Wildman–Crippen LogP) is 2.87. The topological polar surface area (TPSA) is 35.2 Å². The molecule has 0 amide bonds. The first kappa shape index (κ1) is 12.5. The zero-order valence-corrected chi connectivity index (χ0v) is 10.7. The highest BCUT2D eigenvalue weighted by atomic mass is 19.1. The molecule has 0 spiro atoms. The Bertz CT molecular complexity index is 396. The number of hydrogen-bond donors (Lipinski definition) is 1. The lowest BCUT2D eigenvalue weighted by molar-refractivity contribution is 0.118. The predicted molar refractivity (Wildman–Crippen MR) is 66.3 cm³/mol. The van der Waals surface area contributed by atoms with Gasteiger partial charge in [-0.3, -0.25) is 0 Å². The third-order valence-corrected chi connectivity index (χ3v) is 3.63. The van der Waals surface area contributed by atoms with E-state index in [1.807, 2.05) is 13.8 Å². The molecule has 3 heteroatoms. The van der Waals surface area contributed by atoms with Gasteiger partial charge in [0.25, 0.3) is 0 Å². The number of aryl methyl sites for hydroxylation is 2. The van der Waals surface area contributed by atoms with E-state index in [9.17, 15) is 4.39 Å². The lowest BCUT2D eigenvalue weighted by Crippen LogP contribution is -2.23. The van der Waals surface area contributed by atoms with E-state index in [2.05, 4.69) is 6.92 Å². The molecule has 2 nitrogen and oxygen atoms in total. The summed E-state index contributed by atoms with van der Waals surface area (Å²) in [5, 5.41) is 0. The summed E-state index contributed by atoms with van der Waals surface area (Å²) < 4.78 is 18.8. The van der Waals surface area contributed by atoms with Crippen LogP contribution in [0, 0.1) is 25.6 Å². The van der Waals surface area contributed by atoms with Crippen molar-refractivity contribution >= 4 is 0 Å². The Morgan fingerprint density at radius 3 is 2.41 bits per heavy atom. The molecule has 1 fully saturated rings.